The summed E-state index contributed by atoms with van der Waals surface area (Å²) in [5, 5.41) is 3.87. The SMILES string of the molecule is CCNc1nc(C)cn1-c1cc(OC)ccc1Cl. The molecule has 0 spiro atoms. The molecule has 0 aliphatic carbocycles. The van der Waals surface area contributed by atoms with Crippen molar-refractivity contribution in [3.05, 3.63) is 35.1 Å². The minimum Gasteiger partial charge on any atom is -0.497 e. The molecule has 1 aromatic heterocycles. The van der Waals surface area contributed by atoms with Gasteiger partial charge in [-0.2, -0.15) is 0 Å². The molecule has 0 unspecified atom stereocenters. The first kappa shape index (κ1) is 12.8. The molecule has 0 atom stereocenters. The van der Waals surface area contributed by atoms with Crippen molar-refractivity contribution in [3.8, 4) is 11.4 Å². The Balaban J connectivity index is 2.53. The van der Waals surface area contributed by atoms with Gasteiger partial charge >= 0.3 is 0 Å². The number of halogens is 1. The van der Waals surface area contributed by atoms with Crippen LogP contribution in [0.2, 0.25) is 5.02 Å². The number of hydrogen-bond acceptors (Lipinski definition) is 3. The number of imidazole rings is 1. The molecule has 0 aliphatic heterocycles. The van der Waals surface area contributed by atoms with Crippen LogP contribution in [0.5, 0.6) is 5.75 Å². The average molecular weight is 266 g/mol. The van der Waals surface area contributed by atoms with Crippen molar-refractivity contribution in [2.45, 2.75) is 13.8 Å². The Morgan fingerprint density at radius 1 is 1.44 bits per heavy atom. The van der Waals surface area contributed by atoms with E-state index in [9.17, 15) is 0 Å². The zero-order valence-electron chi connectivity index (χ0n) is 10.7. The summed E-state index contributed by atoms with van der Waals surface area (Å²) in [4.78, 5) is 4.43. The van der Waals surface area contributed by atoms with Gasteiger partial charge in [0.05, 0.1) is 23.5 Å². The zero-order chi connectivity index (χ0) is 13.1. The average Bonchev–Trinajstić information content (AvgIpc) is 2.71. The van der Waals surface area contributed by atoms with Gasteiger partial charge in [-0.1, -0.05) is 11.6 Å². The molecule has 0 saturated carbocycles. The van der Waals surface area contributed by atoms with Gasteiger partial charge in [-0.3, -0.25) is 4.57 Å². The molecule has 0 aliphatic rings. The van der Waals surface area contributed by atoms with Gasteiger partial charge in [0.15, 0.2) is 0 Å². The van der Waals surface area contributed by atoms with E-state index in [-0.39, 0.29) is 0 Å². The van der Waals surface area contributed by atoms with Crippen molar-refractivity contribution in [1.29, 1.82) is 0 Å². The second-order valence-corrected chi connectivity index (χ2v) is 4.33. The van der Waals surface area contributed by atoms with Gasteiger partial charge in [-0.25, -0.2) is 4.98 Å². The summed E-state index contributed by atoms with van der Waals surface area (Å²) in [5.41, 5.74) is 1.79. The van der Waals surface area contributed by atoms with Crippen LogP contribution >= 0.6 is 11.6 Å². The van der Waals surface area contributed by atoms with Crippen LogP contribution in [0.25, 0.3) is 5.69 Å². The Labute approximate surface area is 112 Å². The summed E-state index contributed by atoms with van der Waals surface area (Å²) in [6, 6.07) is 5.55. The standard InChI is InChI=1S/C13H16ClN3O/c1-4-15-13-16-9(2)8-17(13)12-7-10(18-3)5-6-11(12)14/h5-8H,4H2,1-3H3,(H,15,16). The van der Waals surface area contributed by atoms with Crippen LogP contribution in [0.4, 0.5) is 5.95 Å². The van der Waals surface area contributed by atoms with Gasteiger partial charge in [0.2, 0.25) is 5.95 Å². The lowest BCUT2D eigenvalue weighted by molar-refractivity contribution is 0.414. The van der Waals surface area contributed by atoms with Crippen LogP contribution in [0, 0.1) is 6.92 Å². The van der Waals surface area contributed by atoms with Crippen LogP contribution in [-0.4, -0.2) is 23.2 Å². The molecule has 18 heavy (non-hydrogen) atoms. The maximum atomic E-state index is 6.24. The summed E-state index contributed by atoms with van der Waals surface area (Å²) in [5.74, 6) is 1.55. The quantitative estimate of drug-likeness (QED) is 0.922. The predicted molar refractivity (Wildman–Crippen MR) is 74.0 cm³/mol. The minimum absolute atomic E-state index is 0.660. The van der Waals surface area contributed by atoms with E-state index >= 15 is 0 Å². The van der Waals surface area contributed by atoms with E-state index in [1.807, 2.05) is 42.8 Å². The third-order valence-corrected chi connectivity index (χ3v) is 2.89. The number of aryl methyl sites for hydroxylation is 1. The summed E-state index contributed by atoms with van der Waals surface area (Å²) < 4.78 is 7.16. The Bertz CT molecular complexity index is 551. The number of nitrogens with one attached hydrogen (secondary N) is 1. The molecule has 0 saturated heterocycles. The fraction of sp³-hybridized carbons (Fsp3) is 0.308. The van der Waals surface area contributed by atoms with Crippen molar-refractivity contribution in [2.24, 2.45) is 0 Å². The van der Waals surface area contributed by atoms with Gasteiger partial charge < -0.3 is 10.1 Å². The van der Waals surface area contributed by atoms with E-state index < -0.39 is 0 Å². The Hall–Kier alpha value is -1.68. The van der Waals surface area contributed by atoms with Crippen molar-refractivity contribution in [2.75, 3.05) is 19.0 Å². The van der Waals surface area contributed by atoms with E-state index in [2.05, 4.69) is 10.3 Å². The van der Waals surface area contributed by atoms with Crippen molar-refractivity contribution >= 4 is 17.5 Å². The monoisotopic (exact) mass is 265 g/mol. The lowest BCUT2D eigenvalue weighted by Crippen LogP contribution is -2.05. The number of benzene rings is 1. The topological polar surface area (TPSA) is 39.1 Å². The van der Waals surface area contributed by atoms with Gasteiger partial charge in [0, 0.05) is 18.8 Å². The normalized spacial score (nSPS) is 10.4. The molecular formula is C13H16ClN3O. The highest BCUT2D eigenvalue weighted by Gasteiger charge is 2.10. The first-order valence-electron chi connectivity index (χ1n) is 5.79. The summed E-state index contributed by atoms with van der Waals surface area (Å²) in [6.07, 6.45) is 1.94. The Morgan fingerprint density at radius 2 is 2.22 bits per heavy atom. The summed E-state index contributed by atoms with van der Waals surface area (Å²) >= 11 is 6.24. The molecular weight excluding hydrogens is 250 g/mol. The molecule has 0 amide bonds. The lowest BCUT2D eigenvalue weighted by atomic mass is 10.3. The minimum atomic E-state index is 0.660. The summed E-state index contributed by atoms with van der Waals surface area (Å²) in [6.45, 7) is 4.78. The highest BCUT2D eigenvalue weighted by molar-refractivity contribution is 6.32. The van der Waals surface area contributed by atoms with Gasteiger partial charge in [0.25, 0.3) is 0 Å². The van der Waals surface area contributed by atoms with E-state index in [0.717, 1.165) is 29.6 Å². The molecule has 1 heterocycles. The van der Waals surface area contributed by atoms with Crippen LogP contribution in [0.15, 0.2) is 24.4 Å². The molecule has 2 aromatic rings. The van der Waals surface area contributed by atoms with Crippen LogP contribution < -0.4 is 10.1 Å². The van der Waals surface area contributed by atoms with E-state index in [1.54, 1.807) is 7.11 Å². The number of hydrogen-bond donors (Lipinski definition) is 1. The summed E-state index contributed by atoms with van der Waals surface area (Å²) in [7, 11) is 1.64. The second kappa shape index (κ2) is 5.31. The van der Waals surface area contributed by atoms with E-state index in [0.29, 0.717) is 5.02 Å². The lowest BCUT2D eigenvalue weighted by Gasteiger charge is -2.11. The first-order valence-corrected chi connectivity index (χ1v) is 6.17. The largest absolute Gasteiger partial charge is 0.497 e. The van der Waals surface area contributed by atoms with Crippen LogP contribution in [-0.2, 0) is 0 Å². The molecule has 5 heteroatoms. The highest BCUT2D eigenvalue weighted by atomic mass is 35.5. The fourth-order valence-corrected chi connectivity index (χ4v) is 1.98. The number of nitrogens with zero attached hydrogens (tertiary/aromatic N) is 2. The number of rotatable bonds is 4. The number of ether oxygens (including phenoxy) is 1. The first-order chi connectivity index (χ1) is 8.65. The molecule has 1 N–H and O–H groups in total. The molecule has 1 aromatic carbocycles. The maximum Gasteiger partial charge on any atom is 0.207 e. The molecule has 0 bridgehead atoms. The molecule has 96 valence electrons. The molecule has 0 fully saturated rings. The Kier molecular flexibility index (Phi) is 3.77. The number of aromatic nitrogens is 2. The molecule has 2 rings (SSSR count). The van der Waals surface area contributed by atoms with Crippen molar-refractivity contribution in [3.63, 3.8) is 0 Å². The number of methoxy groups -OCH3 is 1. The maximum absolute atomic E-state index is 6.24. The van der Waals surface area contributed by atoms with Gasteiger partial charge in [0.1, 0.15) is 5.75 Å². The highest BCUT2D eigenvalue weighted by Crippen LogP contribution is 2.28. The van der Waals surface area contributed by atoms with Crippen molar-refractivity contribution in [1.82, 2.24) is 9.55 Å². The van der Waals surface area contributed by atoms with Crippen molar-refractivity contribution < 1.29 is 4.74 Å². The second-order valence-electron chi connectivity index (χ2n) is 3.92. The predicted octanol–water partition coefficient (Wildman–Crippen LogP) is 3.27. The van der Waals surface area contributed by atoms with E-state index in [1.165, 1.54) is 0 Å². The van der Waals surface area contributed by atoms with Crippen LogP contribution in [0.1, 0.15) is 12.6 Å². The van der Waals surface area contributed by atoms with E-state index in [4.69, 9.17) is 16.3 Å². The van der Waals surface area contributed by atoms with Gasteiger partial charge in [-0.05, 0) is 26.0 Å². The van der Waals surface area contributed by atoms with Crippen LogP contribution in [0.3, 0.4) is 0 Å². The Morgan fingerprint density at radius 3 is 2.89 bits per heavy atom. The smallest absolute Gasteiger partial charge is 0.207 e. The zero-order valence-corrected chi connectivity index (χ0v) is 11.5. The fourth-order valence-electron chi connectivity index (χ4n) is 1.77. The number of anilines is 1. The molecule has 0 radical (unpaired) electrons. The van der Waals surface area contributed by atoms with Gasteiger partial charge in [-0.15, -0.1) is 0 Å². The molecule has 4 nitrogen and oxygen atoms in total. The third kappa shape index (κ3) is 2.43. The third-order valence-electron chi connectivity index (χ3n) is 2.57.